The van der Waals surface area contributed by atoms with Crippen LogP contribution in [0.25, 0.3) is 5.32 Å². The zero-order valence-electron chi connectivity index (χ0n) is 14.9. The maximum absolute atomic E-state index is 4.42. The number of hydrogen-bond donors (Lipinski definition) is 2. The quantitative estimate of drug-likeness (QED) is 0.470. The molecule has 1 aromatic rings. The van der Waals surface area contributed by atoms with E-state index in [0.717, 1.165) is 39.3 Å². The molecule has 0 amide bonds. The van der Waals surface area contributed by atoms with Crippen LogP contribution in [0.15, 0.2) is 30.3 Å². The normalized spacial score (nSPS) is 14.0. The third kappa shape index (κ3) is 30.6. The van der Waals surface area contributed by atoms with Gasteiger partial charge in [-0.05, 0) is 32.6 Å². The number of nitrogens with one attached hydrogen (secondary N) is 2. The van der Waals surface area contributed by atoms with Crippen molar-refractivity contribution in [2.75, 3.05) is 39.3 Å². The van der Waals surface area contributed by atoms with Gasteiger partial charge in [-0.1, -0.05) is 12.8 Å². The van der Waals surface area contributed by atoms with Crippen molar-refractivity contribution >= 4 is 37.2 Å². The van der Waals surface area contributed by atoms with Crippen LogP contribution < -0.4 is 10.6 Å². The summed E-state index contributed by atoms with van der Waals surface area (Å²) in [6, 6.07) is 12.5. The Bertz CT molecular complexity index is 201. The minimum absolute atomic E-state index is 0. The van der Waals surface area contributed by atoms with E-state index in [2.05, 4.69) is 22.0 Å². The van der Waals surface area contributed by atoms with Crippen LogP contribution in [0, 0.1) is 20.9 Å². The molecule has 1 aliphatic heterocycles. The summed E-state index contributed by atoms with van der Waals surface area (Å²) in [5.74, 6) is 0. The SMILES string of the molecule is C1C[N-]CCCNCCCNC1.Cl.Cl.Cl.[CH3-].[CH3-].[Ti+4].[c-]1ccccc1. The van der Waals surface area contributed by atoms with Crippen LogP contribution in [-0.2, 0) is 21.7 Å². The first-order valence-corrected chi connectivity index (χ1v) is 6.96. The summed E-state index contributed by atoms with van der Waals surface area (Å²) in [6.07, 6.45) is 3.65. The van der Waals surface area contributed by atoms with Gasteiger partial charge in [0.25, 0.3) is 0 Å². The van der Waals surface area contributed by atoms with Crippen molar-refractivity contribution in [3.05, 3.63) is 56.6 Å². The molecular formula is C17H34Cl3N3Ti. The van der Waals surface area contributed by atoms with E-state index in [9.17, 15) is 0 Å². The zero-order chi connectivity index (χ0) is 12.7. The van der Waals surface area contributed by atoms with Gasteiger partial charge in [0, 0.05) is 0 Å². The minimum atomic E-state index is 0. The summed E-state index contributed by atoms with van der Waals surface area (Å²) in [7, 11) is 0. The molecule has 0 spiro atoms. The van der Waals surface area contributed by atoms with Crippen LogP contribution in [-0.4, -0.2) is 39.3 Å². The van der Waals surface area contributed by atoms with Crippen molar-refractivity contribution in [3.8, 4) is 0 Å². The van der Waals surface area contributed by atoms with Crippen LogP contribution in [0.4, 0.5) is 0 Å². The molecule has 1 aliphatic rings. The van der Waals surface area contributed by atoms with Gasteiger partial charge in [-0.15, -0.1) is 50.3 Å². The van der Waals surface area contributed by atoms with E-state index in [-0.39, 0.29) is 73.8 Å². The summed E-state index contributed by atoms with van der Waals surface area (Å²) in [6.45, 7) is 6.62. The fourth-order valence-electron chi connectivity index (χ4n) is 1.67. The molecule has 2 N–H and O–H groups in total. The maximum atomic E-state index is 4.42. The molecule has 0 bridgehead atoms. The second-order valence-corrected chi connectivity index (χ2v) is 4.31. The molecule has 1 saturated heterocycles. The molecule has 0 saturated carbocycles. The summed E-state index contributed by atoms with van der Waals surface area (Å²) in [4.78, 5) is 0. The second kappa shape index (κ2) is 34.9. The molecule has 1 heterocycles. The summed E-state index contributed by atoms with van der Waals surface area (Å²) in [5, 5.41) is 11.2. The van der Waals surface area contributed by atoms with Gasteiger partial charge in [0.2, 0.25) is 0 Å². The van der Waals surface area contributed by atoms with Crippen molar-refractivity contribution in [2.45, 2.75) is 19.3 Å². The Morgan fingerprint density at radius 2 is 1.08 bits per heavy atom. The van der Waals surface area contributed by atoms with Crippen LogP contribution in [0.2, 0.25) is 0 Å². The Balaban J connectivity index is -0.0000000600. The third-order valence-electron chi connectivity index (χ3n) is 2.65. The first kappa shape index (κ1) is 39.7. The largest absolute Gasteiger partial charge is 4.00 e. The van der Waals surface area contributed by atoms with E-state index in [1.165, 1.54) is 19.3 Å². The van der Waals surface area contributed by atoms with Crippen LogP contribution in [0.1, 0.15) is 19.3 Å². The van der Waals surface area contributed by atoms with Crippen LogP contribution >= 0.6 is 37.2 Å². The van der Waals surface area contributed by atoms with Gasteiger partial charge in [0.15, 0.2) is 0 Å². The number of hydrogen-bond acceptors (Lipinski definition) is 2. The molecule has 3 nitrogen and oxygen atoms in total. The fourth-order valence-corrected chi connectivity index (χ4v) is 1.67. The molecule has 0 aliphatic carbocycles. The zero-order valence-corrected chi connectivity index (χ0v) is 18.9. The first-order valence-electron chi connectivity index (χ1n) is 6.96. The number of halogens is 3. The number of rotatable bonds is 0. The van der Waals surface area contributed by atoms with E-state index < -0.39 is 0 Å². The summed E-state index contributed by atoms with van der Waals surface area (Å²) in [5.41, 5.74) is 0. The van der Waals surface area contributed by atoms with E-state index in [0.29, 0.717) is 0 Å². The minimum Gasteiger partial charge on any atom is -0.662 e. The molecule has 142 valence electrons. The average Bonchev–Trinajstić information content (AvgIpc) is 2.42. The maximum Gasteiger partial charge on any atom is 4.00 e. The van der Waals surface area contributed by atoms with Gasteiger partial charge in [-0.3, -0.25) is 0 Å². The molecule has 0 unspecified atom stereocenters. The average molecular weight is 435 g/mol. The summed E-state index contributed by atoms with van der Waals surface area (Å²) < 4.78 is 0. The fraction of sp³-hybridized carbons (Fsp3) is 0.529. The van der Waals surface area contributed by atoms with Gasteiger partial charge >= 0.3 is 21.7 Å². The van der Waals surface area contributed by atoms with E-state index in [1.54, 1.807) is 0 Å². The smallest absolute Gasteiger partial charge is 0.662 e. The van der Waals surface area contributed by atoms with E-state index in [1.807, 2.05) is 30.3 Å². The molecule has 2 rings (SSSR count). The van der Waals surface area contributed by atoms with Crippen molar-refractivity contribution in [2.24, 2.45) is 0 Å². The van der Waals surface area contributed by atoms with E-state index >= 15 is 0 Å². The predicted octanol–water partition coefficient (Wildman–Crippen LogP) is 4.37. The Labute approximate surface area is 184 Å². The predicted molar refractivity (Wildman–Crippen MR) is 113 cm³/mol. The second-order valence-electron chi connectivity index (χ2n) is 4.31. The van der Waals surface area contributed by atoms with E-state index in [4.69, 9.17) is 0 Å². The molecule has 0 atom stereocenters. The van der Waals surface area contributed by atoms with Crippen LogP contribution in [0.5, 0.6) is 0 Å². The van der Waals surface area contributed by atoms with Crippen molar-refractivity contribution in [3.63, 3.8) is 0 Å². The standard InChI is InChI=1S/C9H20N3.C6H5.2CH3.3ClH.Ti/c1-4-10-6-2-8-12-9-3-7-11-5-1;1-2-4-6-5-3-1;;;;;;/h10-11H,1-9H2;1-5H;2*1H3;3*1H;/q4*-1;;;;+4. The monoisotopic (exact) mass is 433 g/mol. The van der Waals surface area contributed by atoms with Crippen molar-refractivity contribution < 1.29 is 21.7 Å². The Hall–Kier alpha value is 0.684. The molecule has 7 heteroatoms. The summed E-state index contributed by atoms with van der Waals surface area (Å²) >= 11 is 0. The topological polar surface area (TPSA) is 38.2 Å². The van der Waals surface area contributed by atoms with Gasteiger partial charge in [-0.2, -0.15) is 36.4 Å². The molecular weight excluding hydrogens is 400 g/mol. The number of benzene rings is 1. The Kier molecular flexibility index (Phi) is 57.7. The van der Waals surface area contributed by atoms with Gasteiger partial charge < -0.3 is 30.8 Å². The van der Waals surface area contributed by atoms with Gasteiger partial charge in [0.1, 0.15) is 0 Å². The molecule has 1 fully saturated rings. The Morgan fingerprint density at radius 1 is 0.667 bits per heavy atom. The number of nitrogens with zero attached hydrogens (tertiary/aromatic N) is 1. The van der Waals surface area contributed by atoms with Crippen molar-refractivity contribution in [1.29, 1.82) is 0 Å². The molecule has 0 radical (unpaired) electrons. The first-order chi connectivity index (χ1) is 9.00. The Morgan fingerprint density at radius 3 is 1.42 bits per heavy atom. The van der Waals surface area contributed by atoms with Crippen LogP contribution in [0.3, 0.4) is 0 Å². The van der Waals surface area contributed by atoms with Crippen molar-refractivity contribution in [1.82, 2.24) is 10.6 Å². The van der Waals surface area contributed by atoms with Gasteiger partial charge in [0.05, 0.1) is 0 Å². The third-order valence-corrected chi connectivity index (χ3v) is 2.65. The van der Waals surface area contributed by atoms with Gasteiger partial charge in [-0.25, -0.2) is 0 Å². The molecule has 24 heavy (non-hydrogen) atoms. The molecule has 1 aromatic carbocycles. The molecule has 0 aromatic heterocycles.